The van der Waals surface area contributed by atoms with E-state index in [1.165, 1.54) is 21.3 Å². The number of rotatable bonds is 6. The Morgan fingerprint density at radius 2 is 1.70 bits per heavy atom. The molecular formula is C20H19NO6. The highest BCUT2D eigenvalue weighted by Gasteiger charge is 2.25. The van der Waals surface area contributed by atoms with Gasteiger partial charge in [0.2, 0.25) is 11.6 Å². The molecule has 0 aliphatic carbocycles. The molecule has 0 spiro atoms. The highest BCUT2D eigenvalue weighted by Crippen LogP contribution is 2.40. The second-order valence-corrected chi connectivity index (χ2v) is 5.49. The van der Waals surface area contributed by atoms with Gasteiger partial charge in [-0.1, -0.05) is 6.07 Å². The number of nitrogens with zero attached hydrogens (tertiary/aromatic N) is 1. The van der Waals surface area contributed by atoms with Crippen LogP contribution in [0.4, 0.5) is 0 Å². The predicted octanol–water partition coefficient (Wildman–Crippen LogP) is 3.07. The van der Waals surface area contributed by atoms with Crippen molar-refractivity contribution in [3.63, 3.8) is 0 Å². The van der Waals surface area contributed by atoms with Crippen molar-refractivity contribution in [2.45, 2.75) is 0 Å². The largest absolute Gasteiger partial charge is 0.497 e. The van der Waals surface area contributed by atoms with Gasteiger partial charge in [-0.05, 0) is 36.4 Å². The van der Waals surface area contributed by atoms with Crippen LogP contribution in [0.5, 0.6) is 23.0 Å². The quantitative estimate of drug-likeness (QED) is 0.575. The van der Waals surface area contributed by atoms with Gasteiger partial charge in [-0.25, -0.2) is 9.79 Å². The third-order valence-electron chi connectivity index (χ3n) is 3.96. The Labute approximate surface area is 156 Å². The molecule has 27 heavy (non-hydrogen) atoms. The fraction of sp³-hybridized carbons (Fsp3) is 0.200. The van der Waals surface area contributed by atoms with E-state index in [-0.39, 0.29) is 11.6 Å². The number of hydrogen-bond donors (Lipinski definition) is 0. The molecule has 2 aromatic rings. The number of carbonyl (C=O) groups excluding carboxylic acids is 1. The summed E-state index contributed by atoms with van der Waals surface area (Å²) >= 11 is 0. The van der Waals surface area contributed by atoms with Crippen molar-refractivity contribution in [1.29, 1.82) is 0 Å². The van der Waals surface area contributed by atoms with E-state index < -0.39 is 5.97 Å². The first kappa shape index (κ1) is 18.3. The third kappa shape index (κ3) is 3.57. The zero-order valence-electron chi connectivity index (χ0n) is 15.4. The Morgan fingerprint density at radius 3 is 2.37 bits per heavy atom. The lowest BCUT2D eigenvalue weighted by molar-refractivity contribution is -0.129. The zero-order chi connectivity index (χ0) is 19.4. The molecular weight excluding hydrogens is 350 g/mol. The second-order valence-electron chi connectivity index (χ2n) is 5.49. The van der Waals surface area contributed by atoms with E-state index in [9.17, 15) is 4.79 Å². The Morgan fingerprint density at radius 1 is 0.926 bits per heavy atom. The molecule has 0 atom stereocenters. The van der Waals surface area contributed by atoms with E-state index in [0.29, 0.717) is 34.1 Å². The van der Waals surface area contributed by atoms with Crippen molar-refractivity contribution in [2.24, 2.45) is 4.99 Å². The molecule has 1 aliphatic heterocycles. The number of methoxy groups -OCH3 is 4. The Hall–Kier alpha value is -3.48. The molecule has 0 unspecified atom stereocenters. The maximum atomic E-state index is 12.3. The minimum absolute atomic E-state index is 0.151. The van der Waals surface area contributed by atoms with Crippen LogP contribution in [-0.2, 0) is 9.53 Å². The Bertz CT molecular complexity index is 932. The lowest BCUT2D eigenvalue weighted by Gasteiger charge is -2.14. The van der Waals surface area contributed by atoms with Gasteiger partial charge in [0.25, 0.3) is 0 Å². The minimum Gasteiger partial charge on any atom is -0.497 e. The van der Waals surface area contributed by atoms with Crippen LogP contribution in [0.3, 0.4) is 0 Å². The Kier molecular flexibility index (Phi) is 5.30. The van der Waals surface area contributed by atoms with Gasteiger partial charge in [-0.2, -0.15) is 0 Å². The van der Waals surface area contributed by atoms with Gasteiger partial charge in [0.15, 0.2) is 17.2 Å². The van der Waals surface area contributed by atoms with Gasteiger partial charge in [-0.3, -0.25) is 0 Å². The average molecular weight is 369 g/mol. The van der Waals surface area contributed by atoms with Crippen LogP contribution >= 0.6 is 0 Å². The highest BCUT2D eigenvalue weighted by molar-refractivity contribution is 6.13. The van der Waals surface area contributed by atoms with Crippen LogP contribution in [0.1, 0.15) is 11.1 Å². The molecule has 0 radical (unpaired) electrons. The standard InChI is InChI=1S/C20H19NO6/c1-23-14-7-5-6-13(10-14)19-21-15(20(22)27-19)11-12-8-9-16(24-2)18(26-4)17(12)25-3/h5-11H,1-4H3/b15-11+. The van der Waals surface area contributed by atoms with Crippen molar-refractivity contribution < 1.29 is 28.5 Å². The molecule has 0 fully saturated rings. The first-order valence-corrected chi connectivity index (χ1v) is 8.07. The molecule has 140 valence electrons. The van der Waals surface area contributed by atoms with Gasteiger partial charge in [0, 0.05) is 11.1 Å². The first-order chi connectivity index (χ1) is 13.1. The molecule has 1 aliphatic rings. The molecule has 2 aromatic carbocycles. The van der Waals surface area contributed by atoms with Crippen molar-refractivity contribution in [2.75, 3.05) is 28.4 Å². The fourth-order valence-electron chi connectivity index (χ4n) is 2.67. The number of carbonyl (C=O) groups is 1. The summed E-state index contributed by atoms with van der Waals surface area (Å²) < 4.78 is 26.5. The number of aliphatic imine (C=N–C) groups is 1. The number of ether oxygens (including phenoxy) is 5. The summed E-state index contributed by atoms with van der Waals surface area (Å²) in [6, 6.07) is 10.6. The van der Waals surface area contributed by atoms with Crippen LogP contribution in [0, 0.1) is 0 Å². The highest BCUT2D eigenvalue weighted by atomic mass is 16.6. The molecule has 0 bridgehead atoms. The number of cyclic esters (lactones) is 1. The molecule has 3 rings (SSSR count). The van der Waals surface area contributed by atoms with Crippen molar-refractivity contribution in [1.82, 2.24) is 0 Å². The van der Waals surface area contributed by atoms with Crippen LogP contribution in [-0.4, -0.2) is 40.3 Å². The molecule has 0 amide bonds. The van der Waals surface area contributed by atoms with Crippen molar-refractivity contribution >= 4 is 17.9 Å². The number of hydrogen-bond acceptors (Lipinski definition) is 7. The predicted molar refractivity (Wildman–Crippen MR) is 99.7 cm³/mol. The van der Waals surface area contributed by atoms with E-state index in [1.807, 2.05) is 0 Å². The zero-order valence-corrected chi connectivity index (χ0v) is 15.4. The third-order valence-corrected chi connectivity index (χ3v) is 3.96. The molecule has 0 N–H and O–H groups in total. The summed E-state index contributed by atoms with van der Waals surface area (Å²) in [5.74, 6) is 1.69. The summed E-state index contributed by atoms with van der Waals surface area (Å²) in [6.45, 7) is 0. The molecule has 0 aromatic heterocycles. The summed E-state index contributed by atoms with van der Waals surface area (Å²) in [7, 11) is 6.13. The van der Waals surface area contributed by atoms with Gasteiger partial charge >= 0.3 is 5.97 Å². The normalized spacial score (nSPS) is 14.6. The van der Waals surface area contributed by atoms with Crippen LogP contribution in [0.15, 0.2) is 47.1 Å². The molecule has 1 heterocycles. The second kappa shape index (κ2) is 7.82. The molecule has 0 saturated heterocycles. The maximum Gasteiger partial charge on any atom is 0.363 e. The van der Waals surface area contributed by atoms with E-state index in [2.05, 4.69) is 4.99 Å². The topological polar surface area (TPSA) is 75.6 Å². The van der Waals surface area contributed by atoms with Gasteiger partial charge in [-0.15, -0.1) is 0 Å². The average Bonchev–Trinajstić information content (AvgIpc) is 3.07. The smallest absolute Gasteiger partial charge is 0.363 e. The molecule has 7 nitrogen and oxygen atoms in total. The lowest BCUT2D eigenvalue weighted by Crippen LogP contribution is -2.05. The van der Waals surface area contributed by atoms with Gasteiger partial charge in [0.1, 0.15) is 5.75 Å². The van der Waals surface area contributed by atoms with Crippen molar-refractivity contribution in [3.05, 3.63) is 53.2 Å². The number of esters is 1. The summed E-state index contributed by atoms with van der Waals surface area (Å²) in [5, 5.41) is 0. The molecule has 0 saturated carbocycles. The monoisotopic (exact) mass is 369 g/mol. The lowest BCUT2D eigenvalue weighted by atomic mass is 10.1. The minimum atomic E-state index is -0.551. The van der Waals surface area contributed by atoms with Crippen LogP contribution < -0.4 is 18.9 Å². The van der Waals surface area contributed by atoms with Crippen LogP contribution in [0.2, 0.25) is 0 Å². The van der Waals surface area contributed by atoms with E-state index in [0.717, 1.165) is 0 Å². The maximum absolute atomic E-state index is 12.3. The van der Waals surface area contributed by atoms with Crippen LogP contribution in [0.25, 0.3) is 6.08 Å². The number of benzene rings is 2. The molecule has 7 heteroatoms. The fourth-order valence-corrected chi connectivity index (χ4v) is 2.67. The first-order valence-electron chi connectivity index (χ1n) is 8.07. The van der Waals surface area contributed by atoms with E-state index in [1.54, 1.807) is 49.6 Å². The van der Waals surface area contributed by atoms with Gasteiger partial charge < -0.3 is 23.7 Å². The SMILES string of the molecule is COc1cccc(C2=N/C(=C/c3ccc(OC)c(OC)c3OC)C(=O)O2)c1. The Balaban J connectivity index is 2.02. The summed E-state index contributed by atoms with van der Waals surface area (Å²) in [5.41, 5.74) is 1.40. The van der Waals surface area contributed by atoms with Crippen molar-refractivity contribution in [3.8, 4) is 23.0 Å². The van der Waals surface area contributed by atoms with Gasteiger partial charge in [0.05, 0.1) is 28.4 Å². The summed E-state index contributed by atoms with van der Waals surface area (Å²) in [6.07, 6.45) is 1.58. The van der Waals surface area contributed by atoms with E-state index >= 15 is 0 Å². The van der Waals surface area contributed by atoms with E-state index in [4.69, 9.17) is 23.7 Å². The summed E-state index contributed by atoms with van der Waals surface area (Å²) in [4.78, 5) is 16.6.